The zero-order valence-corrected chi connectivity index (χ0v) is 11.4. The quantitative estimate of drug-likeness (QED) is 0.800. The predicted octanol–water partition coefficient (Wildman–Crippen LogP) is 4.10. The van der Waals surface area contributed by atoms with Crippen molar-refractivity contribution in [2.45, 2.75) is 33.1 Å². The maximum atomic E-state index is 11.1. The summed E-state index contributed by atoms with van der Waals surface area (Å²) in [6.45, 7) is 8.12. The van der Waals surface area contributed by atoms with E-state index >= 15 is 0 Å². The molecule has 0 unspecified atom stereocenters. The number of carbonyl (C=O) groups is 1. The summed E-state index contributed by atoms with van der Waals surface area (Å²) in [6, 6.07) is 12.5. The zero-order chi connectivity index (χ0) is 13.3. The van der Waals surface area contributed by atoms with Crippen LogP contribution in [0.3, 0.4) is 0 Å². The molecule has 1 amide bonds. The molecule has 2 aromatic rings. The minimum atomic E-state index is -0.0404. The largest absolute Gasteiger partial charge is 0.326 e. The normalized spacial score (nSPS) is 11.6. The molecule has 18 heavy (non-hydrogen) atoms. The van der Waals surface area contributed by atoms with Crippen molar-refractivity contribution in [1.82, 2.24) is 0 Å². The van der Waals surface area contributed by atoms with Crippen LogP contribution in [0, 0.1) is 0 Å². The molecule has 2 heteroatoms. The second kappa shape index (κ2) is 4.45. The van der Waals surface area contributed by atoms with Crippen LogP contribution in [0.5, 0.6) is 0 Å². The highest BCUT2D eigenvalue weighted by atomic mass is 16.1. The molecule has 0 heterocycles. The lowest BCUT2D eigenvalue weighted by Gasteiger charge is -2.19. The fourth-order valence-electron chi connectivity index (χ4n) is 1.99. The average molecular weight is 241 g/mol. The van der Waals surface area contributed by atoms with E-state index in [1.165, 1.54) is 17.9 Å². The highest BCUT2D eigenvalue weighted by molar-refractivity contribution is 5.93. The zero-order valence-electron chi connectivity index (χ0n) is 11.4. The summed E-state index contributed by atoms with van der Waals surface area (Å²) in [7, 11) is 0. The molecule has 0 aliphatic heterocycles. The Balaban J connectivity index is 2.50. The van der Waals surface area contributed by atoms with Gasteiger partial charge in [0.05, 0.1) is 0 Å². The standard InChI is InChI=1S/C16H19NO/c1-11(18)17-15-8-6-12-5-7-14(16(2,3)4)9-13(12)10-15/h5-10H,1-4H3,(H,17,18). The summed E-state index contributed by atoms with van der Waals surface area (Å²) < 4.78 is 0. The molecule has 1 N–H and O–H groups in total. The number of amides is 1. The Morgan fingerprint density at radius 3 is 2.28 bits per heavy atom. The Morgan fingerprint density at radius 1 is 1.00 bits per heavy atom. The maximum Gasteiger partial charge on any atom is 0.221 e. The Bertz CT molecular complexity index is 594. The second-order valence-electron chi connectivity index (χ2n) is 5.71. The van der Waals surface area contributed by atoms with E-state index in [-0.39, 0.29) is 11.3 Å². The number of nitrogens with one attached hydrogen (secondary N) is 1. The van der Waals surface area contributed by atoms with Crippen LogP contribution in [0.2, 0.25) is 0 Å². The van der Waals surface area contributed by atoms with Gasteiger partial charge in [0.1, 0.15) is 0 Å². The Hall–Kier alpha value is -1.83. The first-order chi connectivity index (χ1) is 8.36. The summed E-state index contributed by atoms with van der Waals surface area (Å²) in [6.07, 6.45) is 0. The van der Waals surface area contributed by atoms with Crippen molar-refractivity contribution in [3.63, 3.8) is 0 Å². The molecule has 2 rings (SSSR count). The lowest BCUT2D eigenvalue weighted by atomic mass is 9.86. The topological polar surface area (TPSA) is 29.1 Å². The first kappa shape index (κ1) is 12.6. The minimum absolute atomic E-state index is 0.0404. The van der Waals surface area contributed by atoms with Gasteiger partial charge in [-0.15, -0.1) is 0 Å². The van der Waals surface area contributed by atoms with Crippen molar-refractivity contribution < 1.29 is 4.79 Å². The van der Waals surface area contributed by atoms with Gasteiger partial charge >= 0.3 is 0 Å². The molecule has 94 valence electrons. The van der Waals surface area contributed by atoms with Gasteiger partial charge in [-0.05, 0) is 33.9 Å². The molecular weight excluding hydrogens is 222 g/mol. The fraction of sp³-hybridized carbons (Fsp3) is 0.312. The third-order valence-electron chi connectivity index (χ3n) is 3.03. The summed E-state index contributed by atoms with van der Waals surface area (Å²) in [5.74, 6) is -0.0404. The molecule has 2 aromatic carbocycles. The molecule has 2 nitrogen and oxygen atoms in total. The van der Waals surface area contributed by atoms with Crippen molar-refractivity contribution in [2.75, 3.05) is 5.32 Å². The van der Waals surface area contributed by atoms with Crippen molar-refractivity contribution in [3.8, 4) is 0 Å². The van der Waals surface area contributed by atoms with Gasteiger partial charge in [-0.2, -0.15) is 0 Å². The number of benzene rings is 2. The van der Waals surface area contributed by atoms with Gasteiger partial charge in [0, 0.05) is 12.6 Å². The van der Waals surface area contributed by atoms with Gasteiger partial charge in [-0.3, -0.25) is 4.79 Å². The smallest absolute Gasteiger partial charge is 0.221 e. The number of rotatable bonds is 1. The minimum Gasteiger partial charge on any atom is -0.326 e. The number of hydrogen-bond donors (Lipinski definition) is 1. The molecule has 0 saturated heterocycles. The molecule has 0 aliphatic rings. The van der Waals surface area contributed by atoms with Gasteiger partial charge in [0.25, 0.3) is 0 Å². The van der Waals surface area contributed by atoms with Crippen LogP contribution in [-0.2, 0) is 10.2 Å². The van der Waals surface area contributed by atoms with Crippen LogP contribution in [0.4, 0.5) is 5.69 Å². The van der Waals surface area contributed by atoms with E-state index in [1.807, 2.05) is 18.2 Å². The first-order valence-corrected chi connectivity index (χ1v) is 6.18. The van der Waals surface area contributed by atoms with Crippen LogP contribution < -0.4 is 5.32 Å². The number of fused-ring (bicyclic) bond motifs is 1. The Morgan fingerprint density at radius 2 is 1.67 bits per heavy atom. The van der Waals surface area contributed by atoms with E-state index in [0.29, 0.717) is 0 Å². The van der Waals surface area contributed by atoms with Gasteiger partial charge in [0.2, 0.25) is 5.91 Å². The van der Waals surface area contributed by atoms with Crippen LogP contribution >= 0.6 is 0 Å². The monoisotopic (exact) mass is 241 g/mol. The Labute approximate surface area is 108 Å². The maximum absolute atomic E-state index is 11.1. The first-order valence-electron chi connectivity index (χ1n) is 6.18. The summed E-state index contributed by atoms with van der Waals surface area (Å²) in [5, 5.41) is 5.17. The lowest BCUT2D eigenvalue weighted by molar-refractivity contribution is -0.114. The van der Waals surface area contributed by atoms with E-state index < -0.39 is 0 Å². The summed E-state index contributed by atoms with van der Waals surface area (Å²) in [5.41, 5.74) is 2.29. The van der Waals surface area contributed by atoms with Crippen LogP contribution in [0.25, 0.3) is 10.8 Å². The Kier molecular flexibility index (Phi) is 3.12. The van der Waals surface area contributed by atoms with Gasteiger partial charge < -0.3 is 5.32 Å². The second-order valence-corrected chi connectivity index (χ2v) is 5.71. The van der Waals surface area contributed by atoms with Crippen molar-refractivity contribution in [3.05, 3.63) is 42.0 Å². The molecule has 0 radical (unpaired) electrons. The predicted molar refractivity (Wildman–Crippen MR) is 77.0 cm³/mol. The summed E-state index contributed by atoms with van der Waals surface area (Å²) >= 11 is 0. The highest BCUT2D eigenvalue weighted by Crippen LogP contribution is 2.27. The molecular formula is C16H19NO. The summed E-state index contributed by atoms with van der Waals surface area (Å²) in [4.78, 5) is 11.1. The van der Waals surface area contributed by atoms with Gasteiger partial charge in [-0.25, -0.2) is 0 Å². The average Bonchev–Trinajstić information content (AvgIpc) is 2.26. The van der Waals surface area contributed by atoms with Crippen molar-refractivity contribution in [2.24, 2.45) is 0 Å². The SMILES string of the molecule is CC(=O)Nc1ccc2ccc(C(C)(C)C)cc2c1. The van der Waals surface area contributed by atoms with Crippen LogP contribution in [-0.4, -0.2) is 5.91 Å². The van der Waals surface area contributed by atoms with E-state index in [2.05, 4.69) is 44.3 Å². The van der Waals surface area contributed by atoms with Gasteiger partial charge in [0.15, 0.2) is 0 Å². The third kappa shape index (κ3) is 2.70. The number of carbonyl (C=O) groups excluding carboxylic acids is 1. The number of hydrogen-bond acceptors (Lipinski definition) is 1. The highest BCUT2D eigenvalue weighted by Gasteiger charge is 2.13. The molecule has 0 bridgehead atoms. The molecule has 0 atom stereocenters. The number of anilines is 1. The van der Waals surface area contributed by atoms with Crippen LogP contribution in [0.15, 0.2) is 36.4 Å². The van der Waals surface area contributed by atoms with E-state index in [9.17, 15) is 4.79 Å². The molecule has 0 spiro atoms. The van der Waals surface area contributed by atoms with E-state index in [4.69, 9.17) is 0 Å². The fourth-order valence-corrected chi connectivity index (χ4v) is 1.99. The molecule has 0 fully saturated rings. The van der Waals surface area contributed by atoms with Gasteiger partial charge in [-0.1, -0.05) is 45.0 Å². The molecule has 0 aromatic heterocycles. The van der Waals surface area contributed by atoms with Crippen molar-refractivity contribution in [1.29, 1.82) is 0 Å². The van der Waals surface area contributed by atoms with Crippen molar-refractivity contribution >= 4 is 22.4 Å². The molecule has 0 saturated carbocycles. The van der Waals surface area contributed by atoms with Crippen LogP contribution in [0.1, 0.15) is 33.3 Å². The lowest BCUT2D eigenvalue weighted by Crippen LogP contribution is -2.10. The van der Waals surface area contributed by atoms with E-state index in [0.717, 1.165) is 11.1 Å². The van der Waals surface area contributed by atoms with E-state index in [1.54, 1.807) is 0 Å². The molecule has 0 aliphatic carbocycles. The third-order valence-corrected chi connectivity index (χ3v) is 3.03.